The van der Waals surface area contributed by atoms with Crippen LogP contribution in [0.1, 0.15) is 40.5 Å². The average Bonchev–Trinajstić information content (AvgIpc) is 2.21. The number of hydrogen-bond donors (Lipinski definition) is 0. The summed E-state index contributed by atoms with van der Waals surface area (Å²) in [4.78, 5) is 22.1. The maximum absolute atomic E-state index is 11.1. The van der Waals surface area contributed by atoms with E-state index < -0.39 is 0 Å². The number of carbonyl (C=O) groups is 2. The molecule has 0 radical (unpaired) electrons. The number of esters is 2. The van der Waals surface area contributed by atoms with Crippen molar-refractivity contribution in [3.63, 3.8) is 0 Å². The Kier molecular flexibility index (Phi) is 7.60. The first kappa shape index (κ1) is 14.9. The third kappa shape index (κ3) is 7.26. The van der Waals surface area contributed by atoms with Gasteiger partial charge in [-0.15, -0.1) is 0 Å². The Labute approximate surface area is 97.3 Å². The minimum Gasteiger partial charge on any atom is -0.465 e. The van der Waals surface area contributed by atoms with Gasteiger partial charge in [0.05, 0.1) is 25.0 Å². The summed E-state index contributed by atoms with van der Waals surface area (Å²) in [6.45, 7) is 7.99. The third-order valence-corrected chi connectivity index (χ3v) is 1.97. The van der Waals surface area contributed by atoms with Crippen molar-refractivity contribution in [1.82, 2.24) is 0 Å². The second-order valence-corrected chi connectivity index (χ2v) is 4.35. The lowest BCUT2D eigenvalue weighted by molar-refractivity contribution is -0.149. The molecule has 0 aliphatic carbocycles. The SMILES string of the molecule is CC(C)C(=O)OCCCCOC(=O)C(C)C. The zero-order chi connectivity index (χ0) is 12.6. The molecule has 0 unspecified atom stereocenters. The van der Waals surface area contributed by atoms with E-state index in [4.69, 9.17) is 9.47 Å². The van der Waals surface area contributed by atoms with Crippen LogP contribution in [0.4, 0.5) is 0 Å². The third-order valence-electron chi connectivity index (χ3n) is 1.97. The zero-order valence-corrected chi connectivity index (χ0v) is 10.6. The number of carbonyl (C=O) groups excluding carboxylic acids is 2. The molecular formula is C12H22O4. The van der Waals surface area contributed by atoms with Crippen molar-refractivity contribution in [3.05, 3.63) is 0 Å². The van der Waals surface area contributed by atoms with Crippen LogP contribution in [-0.2, 0) is 19.1 Å². The Morgan fingerprint density at radius 1 is 0.812 bits per heavy atom. The number of unbranched alkanes of at least 4 members (excludes halogenated alkanes) is 1. The molecule has 16 heavy (non-hydrogen) atoms. The predicted octanol–water partition coefficient (Wildman–Crippen LogP) is 2.17. The Morgan fingerprint density at radius 3 is 1.38 bits per heavy atom. The van der Waals surface area contributed by atoms with E-state index >= 15 is 0 Å². The summed E-state index contributed by atoms with van der Waals surface area (Å²) in [5.41, 5.74) is 0. The monoisotopic (exact) mass is 230 g/mol. The van der Waals surface area contributed by atoms with Crippen LogP contribution in [0.2, 0.25) is 0 Å². The van der Waals surface area contributed by atoms with E-state index in [0.717, 1.165) is 12.8 Å². The van der Waals surface area contributed by atoms with Crippen LogP contribution in [-0.4, -0.2) is 25.2 Å². The number of rotatable bonds is 7. The van der Waals surface area contributed by atoms with Gasteiger partial charge in [0.15, 0.2) is 0 Å². The second-order valence-electron chi connectivity index (χ2n) is 4.35. The summed E-state index contributed by atoms with van der Waals surface area (Å²) in [5, 5.41) is 0. The van der Waals surface area contributed by atoms with Crippen molar-refractivity contribution in [3.8, 4) is 0 Å². The molecule has 0 aliphatic heterocycles. The maximum Gasteiger partial charge on any atom is 0.308 e. The van der Waals surface area contributed by atoms with Crippen molar-refractivity contribution in [2.75, 3.05) is 13.2 Å². The van der Waals surface area contributed by atoms with E-state index in [1.54, 1.807) is 27.7 Å². The van der Waals surface area contributed by atoms with Crippen LogP contribution in [0.15, 0.2) is 0 Å². The van der Waals surface area contributed by atoms with Gasteiger partial charge in [-0.1, -0.05) is 27.7 Å². The van der Waals surface area contributed by atoms with Crippen LogP contribution in [0.3, 0.4) is 0 Å². The number of ether oxygens (including phenoxy) is 2. The summed E-state index contributed by atoms with van der Waals surface area (Å²) < 4.78 is 9.96. The lowest BCUT2D eigenvalue weighted by atomic mass is 10.2. The standard InChI is InChI=1S/C12H22O4/c1-9(2)11(13)15-7-5-6-8-16-12(14)10(3)4/h9-10H,5-8H2,1-4H3. The van der Waals surface area contributed by atoms with Gasteiger partial charge >= 0.3 is 11.9 Å². The Bertz CT molecular complexity index is 197. The molecule has 0 atom stereocenters. The Balaban J connectivity index is 3.35. The van der Waals surface area contributed by atoms with E-state index in [1.807, 2.05) is 0 Å². The van der Waals surface area contributed by atoms with Crippen molar-refractivity contribution in [1.29, 1.82) is 0 Å². The molecule has 4 nitrogen and oxygen atoms in total. The number of hydrogen-bond acceptors (Lipinski definition) is 4. The van der Waals surface area contributed by atoms with Crippen LogP contribution < -0.4 is 0 Å². The second kappa shape index (κ2) is 8.13. The highest BCUT2D eigenvalue weighted by atomic mass is 16.5. The lowest BCUT2D eigenvalue weighted by Gasteiger charge is -2.08. The molecule has 94 valence electrons. The van der Waals surface area contributed by atoms with Gasteiger partial charge in [0, 0.05) is 0 Å². The van der Waals surface area contributed by atoms with Crippen molar-refractivity contribution >= 4 is 11.9 Å². The molecule has 0 aromatic carbocycles. The van der Waals surface area contributed by atoms with E-state index in [-0.39, 0.29) is 23.8 Å². The highest BCUT2D eigenvalue weighted by Crippen LogP contribution is 2.00. The Hall–Kier alpha value is -1.06. The zero-order valence-electron chi connectivity index (χ0n) is 10.6. The highest BCUT2D eigenvalue weighted by Gasteiger charge is 2.08. The fraction of sp³-hybridized carbons (Fsp3) is 0.833. The van der Waals surface area contributed by atoms with Gasteiger partial charge in [-0.25, -0.2) is 0 Å². The van der Waals surface area contributed by atoms with E-state index in [2.05, 4.69) is 0 Å². The van der Waals surface area contributed by atoms with Gasteiger partial charge in [0.2, 0.25) is 0 Å². The van der Waals surface area contributed by atoms with E-state index in [1.165, 1.54) is 0 Å². The van der Waals surface area contributed by atoms with Gasteiger partial charge in [-0.2, -0.15) is 0 Å². The summed E-state index contributed by atoms with van der Waals surface area (Å²) in [7, 11) is 0. The molecule has 0 saturated heterocycles. The van der Waals surface area contributed by atoms with Crippen LogP contribution in [0.25, 0.3) is 0 Å². The van der Waals surface area contributed by atoms with Crippen molar-refractivity contribution in [2.45, 2.75) is 40.5 Å². The predicted molar refractivity (Wildman–Crippen MR) is 60.8 cm³/mol. The molecule has 0 N–H and O–H groups in total. The molecular weight excluding hydrogens is 208 g/mol. The van der Waals surface area contributed by atoms with Gasteiger partial charge in [0.25, 0.3) is 0 Å². The molecule has 0 aliphatic rings. The fourth-order valence-corrected chi connectivity index (χ4v) is 0.883. The summed E-state index contributed by atoms with van der Waals surface area (Å²) in [6, 6.07) is 0. The first-order valence-electron chi connectivity index (χ1n) is 5.78. The van der Waals surface area contributed by atoms with Crippen LogP contribution in [0, 0.1) is 11.8 Å². The molecule has 0 aromatic rings. The van der Waals surface area contributed by atoms with E-state index in [0.29, 0.717) is 13.2 Å². The minimum absolute atomic E-state index is 0.0845. The summed E-state index contributed by atoms with van der Waals surface area (Å²) >= 11 is 0. The largest absolute Gasteiger partial charge is 0.465 e. The normalized spacial score (nSPS) is 10.6. The van der Waals surface area contributed by atoms with Crippen molar-refractivity contribution in [2.24, 2.45) is 11.8 Å². The van der Waals surface area contributed by atoms with Gasteiger partial charge < -0.3 is 9.47 Å². The molecule has 0 amide bonds. The Morgan fingerprint density at radius 2 is 1.12 bits per heavy atom. The average molecular weight is 230 g/mol. The molecule has 0 spiro atoms. The molecule has 0 saturated carbocycles. The molecule has 0 bridgehead atoms. The van der Waals surface area contributed by atoms with Gasteiger partial charge in [-0.05, 0) is 12.8 Å². The fourth-order valence-electron chi connectivity index (χ4n) is 0.883. The molecule has 0 rings (SSSR count). The topological polar surface area (TPSA) is 52.6 Å². The first-order valence-corrected chi connectivity index (χ1v) is 5.78. The molecule has 0 fully saturated rings. The smallest absolute Gasteiger partial charge is 0.308 e. The maximum atomic E-state index is 11.1. The summed E-state index contributed by atoms with van der Waals surface area (Å²) in [6.07, 6.45) is 1.45. The molecule has 0 aromatic heterocycles. The van der Waals surface area contributed by atoms with Crippen LogP contribution >= 0.6 is 0 Å². The quantitative estimate of drug-likeness (QED) is 0.497. The molecule has 4 heteroatoms. The van der Waals surface area contributed by atoms with Crippen LogP contribution in [0.5, 0.6) is 0 Å². The molecule has 0 heterocycles. The first-order chi connectivity index (χ1) is 7.45. The highest BCUT2D eigenvalue weighted by molar-refractivity contribution is 5.71. The summed E-state index contributed by atoms with van der Waals surface area (Å²) in [5.74, 6) is -0.532. The minimum atomic E-state index is -0.181. The lowest BCUT2D eigenvalue weighted by Crippen LogP contribution is -2.14. The van der Waals surface area contributed by atoms with Gasteiger partial charge in [-0.3, -0.25) is 9.59 Å². The van der Waals surface area contributed by atoms with Gasteiger partial charge in [0.1, 0.15) is 0 Å². The van der Waals surface area contributed by atoms with E-state index in [9.17, 15) is 9.59 Å². The van der Waals surface area contributed by atoms with Crippen molar-refractivity contribution < 1.29 is 19.1 Å².